The summed E-state index contributed by atoms with van der Waals surface area (Å²) in [6, 6.07) is 5.32. The number of nitrogens with zero attached hydrogens (tertiary/aromatic N) is 2. The number of benzene rings is 1. The van der Waals surface area contributed by atoms with E-state index in [-0.39, 0.29) is 12.3 Å². The number of aromatic nitrogens is 3. The molecule has 0 fully saturated rings. The number of halogens is 1. The molecule has 0 radical (unpaired) electrons. The Labute approximate surface area is 119 Å². The normalized spacial score (nSPS) is 10.9. The van der Waals surface area contributed by atoms with Crippen LogP contribution < -0.4 is 5.69 Å². The van der Waals surface area contributed by atoms with Crippen LogP contribution in [0.25, 0.3) is 0 Å². The van der Waals surface area contributed by atoms with Crippen LogP contribution in [-0.4, -0.2) is 19.9 Å². The lowest BCUT2D eigenvalue weighted by Gasteiger charge is -2.09. The van der Waals surface area contributed by atoms with Gasteiger partial charge in [-0.25, -0.2) is 9.89 Å². The second-order valence-electron chi connectivity index (χ2n) is 3.95. The number of H-pyrrole nitrogens is 1. The van der Waals surface area contributed by atoms with E-state index in [0.29, 0.717) is 16.7 Å². The molecule has 2 rings (SSSR count). The van der Waals surface area contributed by atoms with Crippen molar-refractivity contribution in [2.45, 2.75) is 36.5 Å². The molecule has 0 spiro atoms. The molecular formula is C12H14ClN3O2S. The minimum Gasteiger partial charge on any atom is -0.392 e. The van der Waals surface area contributed by atoms with Crippen LogP contribution in [0, 0.1) is 0 Å². The number of hydrogen-bond donors (Lipinski definition) is 2. The second-order valence-corrected chi connectivity index (χ2v) is 5.34. The summed E-state index contributed by atoms with van der Waals surface area (Å²) < 4.78 is 1.56. The molecule has 0 unspecified atom stereocenters. The molecule has 19 heavy (non-hydrogen) atoms. The molecular weight excluding hydrogens is 286 g/mol. The largest absolute Gasteiger partial charge is 0.392 e. The first kappa shape index (κ1) is 14.2. The molecule has 1 heterocycles. The van der Waals surface area contributed by atoms with Crippen molar-refractivity contribution in [1.82, 2.24) is 14.8 Å². The van der Waals surface area contributed by atoms with E-state index in [4.69, 9.17) is 11.6 Å². The number of aliphatic hydroxyl groups excluding tert-OH is 1. The van der Waals surface area contributed by atoms with Gasteiger partial charge in [0.2, 0.25) is 0 Å². The average molecular weight is 300 g/mol. The zero-order valence-electron chi connectivity index (χ0n) is 10.4. The Kier molecular flexibility index (Phi) is 4.68. The first-order valence-electron chi connectivity index (χ1n) is 5.88. The first-order chi connectivity index (χ1) is 9.17. The molecule has 1 aromatic heterocycles. The Balaban J connectivity index is 2.39. The van der Waals surface area contributed by atoms with Gasteiger partial charge in [0.15, 0.2) is 5.16 Å². The van der Waals surface area contributed by atoms with Crippen molar-refractivity contribution in [3.8, 4) is 0 Å². The van der Waals surface area contributed by atoms with Gasteiger partial charge in [-0.3, -0.25) is 4.57 Å². The Bertz CT molecular complexity index is 624. The van der Waals surface area contributed by atoms with Crippen LogP contribution in [0.1, 0.15) is 18.9 Å². The standard InChI is InChI=1S/C12H14ClN3O2S/c1-2-6-16-11(18)14-15-12(16)19-10-8(7-17)4-3-5-9(10)13/h3-5,17H,2,6-7H2,1H3,(H,14,18). The third-order valence-corrected chi connectivity index (χ3v) is 4.19. The molecule has 0 aliphatic heterocycles. The predicted octanol–water partition coefficient (Wildman–Crippen LogP) is 2.28. The molecule has 0 saturated carbocycles. The van der Waals surface area contributed by atoms with Gasteiger partial charge in [0.1, 0.15) is 0 Å². The van der Waals surface area contributed by atoms with Crippen LogP contribution in [0.3, 0.4) is 0 Å². The number of aromatic amines is 1. The summed E-state index contributed by atoms with van der Waals surface area (Å²) in [7, 11) is 0. The maximum Gasteiger partial charge on any atom is 0.343 e. The van der Waals surface area contributed by atoms with Crippen LogP contribution in [0.2, 0.25) is 5.02 Å². The molecule has 2 N–H and O–H groups in total. The molecule has 7 heteroatoms. The Morgan fingerprint density at radius 2 is 2.32 bits per heavy atom. The van der Waals surface area contributed by atoms with Crippen molar-refractivity contribution in [2.24, 2.45) is 0 Å². The molecule has 0 amide bonds. The average Bonchev–Trinajstić information content (AvgIpc) is 2.74. The summed E-state index contributed by atoms with van der Waals surface area (Å²) >= 11 is 7.42. The molecule has 0 aliphatic rings. The van der Waals surface area contributed by atoms with Gasteiger partial charge in [-0.15, -0.1) is 5.10 Å². The SMILES string of the molecule is CCCn1c(Sc2c(Cl)cccc2CO)n[nH]c1=O. The molecule has 1 aromatic carbocycles. The van der Waals surface area contributed by atoms with E-state index in [1.165, 1.54) is 11.8 Å². The van der Waals surface area contributed by atoms with Crippen molar-refractivity contribution in [3.63, 3.8) is 0 Å². The zero-order chi connectivity index (χ0) is 13.8. The van der Waals surface area contributed by atoms with Crippen molar-refractivity contribution >= 4 is 23.4 Å². The summed E-state index contributed by atoms with van der Waals surface area (Å²) in [6.45, 7) is 2.48. The lowest BCUT2D eigenvalue weighted by molar-refractivity contribution is 0.279. The molecule has 2 aromatic rings. The van der Waals surface area contributed by atoms with Crippen LogP contribution in [0.4, 0.5) is 0 Å². The zero-order valence-corrected chi connectivity index (χ0v) is 12.0. The van der Waals surface area contributed by atoms with Crippen molar-refractivity contribution in [2.75, 3.05) is 0 Å². The van der Waals surface area contributed by atoms with Crippen molar-refractivity contribution in [3.05, 3.63) is 39.3 Å². The minimum absolute atomic E-state index is 0.106. The molecule has 0 saturated heterocycles. The van der Waals surface area contributed by atoms with Gasteiger partial charge in [-0.1, -0.05) is 30.7 Å². The van der Waals surface area contributed by atoms with Crippen LogP contribution >= 0.6 is 23.4 Å². The van der Waals surface area contributed by atoms with Gasteiger partial charge in [-0.05, 0) is 29.8 Å². The van der Waals surface area contributed by atoms with Crippen molar-refractivity contribution < 1.29 is 5.11 Å². The summed E-state index contributed by atoms with van der Waals surface area (Å²) in [5.74, 6) is 0. The van der Waals surface area contributed by atoms with Gasteiger partial charge in [-0.2, -0.15) is 0 Å². The fourth-order valence-electron chi connectivity index (χ4n) is 1.69. The third kappa shape index (κ3) is 3.02. The number of hydrogen-bond acceptors (Lipinski definition) is 4. The van der Waals surface area contributed by atoms with E-state index in [1.807, 2.05) is 6.92 Å². The lowest BCUT2D eigenvalue weighted by atomic mass is 10.2. The number of rotatable bonds is 5. The van der Waals surface area contributed by atoms with Gasteiger partial charge in [0.05, 0.1) is 11.6 Å². The number of aliphatic hydroxyl groups is 1. The van der Waals surface area contributed by atoms with Gasteiger partial charge >= 0.3 is 5.69 Å². The minimum atomic E-state index is -0.234. The smallest absolute Gasteiger partial charge is 0.343 e. The number of nitrogens with one attached hydrogen (secondary N) is 1. The van der Waals surface area contributed by atoms with Crippen LogP contribution in [0.15, 0.2) is 33.0 Å². The fraction of sp³-hybridized carbons (Fsp3) is 0.333. The highest BCUT2D eigenvalue weighted by Gasteiger charge is 2.14. The lowest BCUT2D eigenvalue weighted by Crippen LogP contribution is -2.17. The Hall–Kier alpha value is -1.24. The van der Waals surface area contributed by atoms with E-state index in [0.717, 1.165) is 16.9 Å². The molecule has 0 bridgehead atoms. The van der Waals surface area contributed by atoms with Gasteiger partial charge in [0.25, 0.3) is 0 Å². The van der Waals surface area contributed by atoms with Crippen LogP contribution in [-0.2, 0) is 13.2 Å². The van der Waals surface area contributed by atoms with E-state index >= 15 is 0 Å². The maximum absolute atomic E-state index is 11.6. The topological polar surface area (TPSA) is 70.9 Å². The summed E-state index contributed by atoms with van der Waals surface area (Å²) in [5, 5.41) is 16.8. The molecule has 5 nitrogen and oxygen atoms in total. The van der Waals surface area contributed by atoms with E-state index in [1.54, 1.807) is 22.8 Å². The quantitative estimate of drug-likeness (QED) is 0.888. The molecule has 102 valence electrons. The Morgan fingerprint density at radius 3 is 3.00 bits per heavy atom. The molecule has 0 atom stereocenters. The fourth-order valence-corrected chi connectivity index (χ4v) is 2.98. The summed E-state index contributed by atoms with van der Waals surface area (Å²) in [6.07, 6.45) is 0.836. The monoisotopic (exact) mass is 299 g/mol. The predicted molar refractivity (Wildman–Crippen MR) is 74.6 cm³/mol. The summed E-state index contributed by atoms with van der Waals surface area (Å²) in [4.78, 5) is 12.3. The first-order valence-corrected chi connectivity index (χ1v) is 7.08. The van der Waals surface area contributed by atoms with Gasteiger partial charge < -0.3 is 5.11 Å². The van der Waals surface area contributed by atoms with Crippen molar-refractivity contribution in [1.29, 1.82) is 0 Å². The second kappa shape index (κ2) is 6.27. The summed E-state index contributed by atoms with van der Waals surface area (Å²) in [5.41, 5.74) is 0.484. The van der Waals surface area contributed by atoms with E-state index in [9.17, 15) is 9.90 Å². The van der Waals surface area contributed by atoms with E-state index in [2.05, 4.69) is 10.2 Å². The Morgan fingerprint density at radius 1 is 1.53 bits per heavy atom. The highest BCUT2D eigenvalue weighted by atomic mass is 35.5. The van der Waals surface area contributed by atoms with E-state index < -0.39 is 0 Å². The third-order valence-electron chi connectivity index (χ3n) is 2.58. The highest BCUT2D eigenvalue weighted by Crippen LogP contribution is 2.34. The van der Waals surface area contributed by atoms with Gasteiger partial charge in [0, 0.05) is 11.4 Å². The maximum atomic E-state index is 11.6. The van der Waals surface area contributed by atoms with Crippen LogP contribution in [0.5, 0.6) is 0 Å². The highest BCUT2D eigenvalue weighted by molar-refractivity contribution is 7.99. The molecule has 0 aliphatic carbocycles.